The van der Waals surface area contributed by atoms with Crippen LogP contribution in [0, 0.1) is 0 Å². The molecule has 2 aromatic heterocycles. The number of hydrogen-bond acceptors (Lipinski definition) is 5. The first-order valence-electron chi connectivity index (χ1n) is 6.02. The van der Waals surface area contributed by atoms with Crippen LogP contribution in [0.5, 0.6) is 0 Å². The Hall–Kier alpha value is -1.25. The number of likely N-dealkylation sites (N-methyl/N-ethyl adjacent to an activating group) is 1. The smallest absolute Gasteiger partial charge is 0.147 e. The van der Waals surface area contributed by atoms with Crippen LogP contribution in [-0.4, -0.2) is 57.5 Å². The van der Waals surface area contributed by atoms with Crippen LogP contribution in [0.15, 0.2) is 17.0 Å². The van der Waals surface area contributed by atoms with E-state index >= 15 is 0 Å². The van der Waals surface area contributed by atoms with Crippen LogP contribution in [0.3, 0.4) is 0 Å². The minimum Gasteiger partial charge on any atom is -0.308 e. The Kier molecular flexibility index (Phi) is 4.67. The van der Waals surface area contributed by atoms with E-state index in [1.807, 2.05) is 32.0 Å². The zero-order valence-electron chi connectivity index (χ0n) is 11.3. The molecule has 7 nitrogen and oxygen atoms in total. The van der Waals surface area contributed by atoms with Gasteiger partial charge in [-0.15, -0.1) is 0 Å². The van der Waals surface area contributed by atoms with Crippen molar-refractivity contribution in [2.45, 2.75) is 12.6 Å². The van der Waals surface area contributed by atoms with Crippen LogP contribution in [0.2, 0.25) is 0 Å². The van der Waals surface area contributed by atoms with E-state index in [9.17, 15) is 0 Å². The summed E-state index contributed by atoms with van der Waals surface area (Å²) in [5.74, 6) is 0.773. The topological polar surface area (TPSA) is 74.7 Å². The van der Waals surface area contributed by atoms with Crippen molar-refractivity contribution >= 4 is 15.9 Å². The van der Waals surface area contributed by atoms with Gasteiger partial charge in [-0.2, -0.15) is 10.2 Å². The van der Waals surface area contributed by atoms with E-state index in [0.717, 1.165) is 29.1 Å². The van der Waals surface area contributed by atoms with Crippen molar-refractivity contribution in [1.82, 2.24) is 35.2 Å². The average molecular weight is 328 g/mol. The van der Waals surface area contributed by atoms with Crippen molar-refractivity contribution in [3.8, 4) is 0 Å². The molecule has 0 bridgehead atoms. The quantitative estimate of drug-likeness (QED) is 0.814. The monoisotopic (exact) mass is 327 g/mol. The number of rotatable bonds is 6. The lowest BCUT2D eigenvalue weighted by molar-refractivity contribution is 0.365. The molecule has 1 atom stereocenters. The predicted octanol–water partition coefficient (Wildman–Crippen LogP) is 0.634. The molecule has 0 aliphatic carbocycles. The number of halogens is 1. The van der Waals surface area contributed by atoms with Gasteiger partial charge in [0.25, 0.3) is 0 Å². The molecular weight excluding hydrogens is 310 g/mol. The molecule has 8 heteroatoms. The predicted molar refractivity (Wildman–Crippen MR) is 75.8 cm³/mol. The average Bonchev–Trinajstić information content (AvgIpc) is 3.00. The zero-order valence-corrected chi connectivity index (χ0v) is 12.8. The zero-order chi connectivity index (χ0) is 13.8. The number of hydrogen-bond donors (Lipinski definition) is 2. The number of aromatic nitrogens is 5. The van der Waals surface area contributed by atoms with Crippen LogP contribution >= 0.6 is 15.9 Å². The van der Waals surface area contributed by atoms with Crippen molar-refractivity contribution < 1.29 is 0 Å². The SMILES string of the molecule is CNC(c1ncn[nH]1)c1c(Br)cnn1CCN(C)C. The van der Waals surface area contributed by atoms with E-state index in [0.29, 0.717) is 0 Å². The summed E-state index contributed by atoms with van der Waals surface area (Å²) >= 11 is 3.55. The highest BCUT2D eigenvalue weighted by atomic mass is 79.9. The Morgan fingerprint density at radius 1 is 1.53 bits per heavy atom. The standard InChI is InChI=1S/C11H18BrN7/c1-13-9(11-14-7-15-17-11)10-8(12)6-16-19(10)5-4-18(2)3/h6-7,9,13H,4-5H2,1-3H3,(H,14,15,17). The third-order valence-corrected chi connectivity index (χ3v) is 3.47. The molecule has 0 fully saturated rings. The van der Waals surface area contributed by atoms with Crippen LogP contribution in [0.25, 0.3) is 0 Å². The largest absolute Gasteiger partial charge is 0.308 e. The fourth-order valence-corrected chi connectivity index (χ4v) is 2.41. The lowest BCUT2D eigenvalue weighted by Crippen LogP contribution is -2.26. The fraction of sp³-hybridized carbons (Fsp3) is 0.545. The van der Waals surface area contributed by atoms with Gasteiger partial charge >= 0.3 is 0 Å². The highest BCUT2D eigenvalue weighted by molar-refractivity contribution is 9.10. The fourth-order valence-electron chi connectivity index (χ4n) is 1.89. The maximum absolute atomic E-state index is 4.41. The van der Waals surface area contributed by atoms with Gasteiger partial charge in [-0.1, -0.05) is 0 Å². The Morgan fingerprint density at radius 3 is 2.89 bits per heavy atom. The molecular formula is C11H18BrN7. The third kappa shape index (κ3) is 3.20. The Bertz CT molecular complexity index is 505. The second-order valence-electron chi connectivity index (χ2n) is 4.50. The summed E-state index contributed by atoms with van der Waals surface area (Å²) in [6.07, 6.45) is 3.32. The Labute approximate surface area is 120 Å². The molecule has 0 saturated carbocycles. The van der Waals surface area contributed by atoms with Crippen molar-refractivity contribution in [3.05, 3.63) is 28.5 Å². The van der Waals surface area contributed by atoms with E-state index in [2.05, 4.69) is 46.4 Å². The molecule has 0 aromatic carbocycles. The lowest BCUT2D eigenvalue weighted by Gasteiger charge is -2.17. The highest BCUT2D eigenvalue weighted by Gasteiger charge is 2.22. The first-order chi connectivity index (χ1) is 9.13. The number of nitrogens with zero attached hydrogens (tertiary/aromatic N) is 5. The van der Waals surface area contributed by atoms with Crippen molar-refractivity contribution in [3.63, 3.8) is 0 Å². The minimum absolute atomic E-state index is 0.0680. The van der Waals surface area contributed by atoms with E-state index in [1.54, 1.807) is 0 Å². The molecule has 0 spiro atoms. The van der Waals surface area contributed by atoms with Gasteiger partial charge in [0.05, 0.1) is 22.9 Å². The Morgan fingerprint density at radius 2 is 2.32 bits per heavy atom. The summed E-state index contributed by atoms with van der Waals surface area (Å²) in [4.78, 5) is 6.35. The molecule has 104 valence electrons. The maximum atomic E-state index is 4.41. The van der Waals surface area contributed by atoms with Gasteiger partial charge in [-0.25, -0.2) is 4.98 Å². The summed E-state index contributed by atoms with van der Waals surface area (Å²) in [6.45, 7) is 1.74. The second kappa shape index (κ2) is 6.27. The summed E-state index contributed by atoms with van der Waals surface area (Å²) in [5, 5.41) is 14.4. The van der Waals surface area contributed by atoms with Gasteiger partial charge in [0.2, 0.25) is 0 Å². The number of H-pyrrole nitrogens is 1. The summed E-state index contributed by atoms with van der Waals surface area (Å²) in [6, 6.07) is -0.0680. The van der Waals surface area contributed by atoms with Gasteiger partial charge in [-0.05, 0) is 37.1 Å². The summed E-state index contributed by atoms with van der Waals surface area (Å²) in [7, 11) is 5.98. The van der Waals surface area contributed by atoms with Gasteiger partial charge in [0.15, 0.2) is 0 Å². The van der Waals surface area contributed by atoms with Crippen LogP contribution in [0.4, 0.5) is 0 Å². The van der Waals surface area contributed by atoms with E-state index in [4.69, 9.17) is 0 Å². The molecule has 19 heavy (non-hydrogen) atoms. The molecule has 2 rings (SSSR count). The third-order valence-electron chi connectivity index (χ3n) is 2.86. The molecule has 0 radical (unpaired) electrons. The van der Waals surface area contributed by atoms with Crippen molar-refractivity contribution in [2.75, 3.05) is 27.7 Å². The minimum atomic E-state index is -0.0680. The molecule has 2 N–H and O–H groups in total. The van der Waals surface area contributed by atoms with Gasteiger partial charge in [0, 0.05) is 6.54 Å². The van der Waals surface area contributed by atoms with Crippen LogP contribution in [0.1, 0.15) is 17.6 Å². The number of nitrogens with one attached hydrogen (secondary N) is 2. The first-order valence-corrected chi connectivity index (χ1v) is 6.81. The summed E-state index contributed by atoms with van der Waals surface area (Å²) < 4.78 is 2.94. The van der Waals surface area contributed by atoms with E-state index in [1.165, 1.54) is 6.33 Å². The Balaban J connectivity index is 2.29. The maximum Gasteiger partial charge on any atom is 0.147 e. The van der Waals surface area contributed by atoms with Gasteiger partial charge in [-0.3, -0.25) is 9.78 Å². The number of aromatic amines is 1. The molecule has 0 saturated heterocycles. The normalized spacial score (nSPS) is 13.1. The molecule has 2 aromatic rings. The van der Waals surface area contributed by atoms with Gasteiger partial charge < -0.3 is 10.2 Å². The van der Waals surface area contributed by atoms with E-state index < -0.39 is 0 Å². The van der Waals surface area contributed by atoms with Crippen LogP contribution in [-0.2, 0) is 6.54 Å². The van der Waals surface area contributed by atoms with Gasteiger partial charge in [0.1, 0.15) is 18.2 Å². The molecule has 0 aliphatic rings. The highest BCUT2D eigenvalue weighted by Crippen LogP contribution is 2.26. The van der Waals surface area contributed by atoms with Crippen molar-refractivity contribution in [1.29, 1.82) is 0 Å². The van der Waals surface area contributed by atoms with E-state index in [-0.39, 0.29) is 6.04 Å². The lowest BCUT2D eigenvalue weighted by atomic mass is 10.2. The second-order valence-corrected chi connectivity index (χ2v) is 5.35. The van der Waals surface area contributed by atoms with Crippen LogP contribution < -0.4 is 5.32 Å². The first kappa shape index (κ1) is 14.2. The molecule has 2 heterocycles. The molecule has 1 unspecified atom stereocenters. The van der Waals surface area contributed by atoms with Crippen molar-refractivity contribution in [2.24, 2.45) is 0 Å². The summed E-state index contributed by atoms with van der Waals surface area (Å²) in [5.41, 5.74) is 1.04. The molecule has 0 aliphatic heterocycles. The molecule has 0 amide bonds.